The van der Waals surface area contributed by atoms with Crippen LogP contribution in [0.1, 0.15) is 23.2 Å². The molecule has 0 spiro atoms. The van der Waals surface area contributed by atoms with Crippen molar-refractivity contribution in [1.29, 1.82) is 0 Å². The normalized spacial score (nSPS) is 23.8. The second kappa shape index (κ2) is 7.54. The lowest BCUT2D eigenvalue weighted by Gasteiger charge is -2.33. The highest BCUT2D eigenvalue weighted by Gasteiger charge is 2.47. The number of nitrogens with zero attached hydrogens (tertiary/aromatic N) is 1. The number of amides is 2. The fraction of sp³-hybridized carbons (Fsp3) is 0.333. The number of likely N-dealkylation sites (tertiary alicyclic amines) is 1. The van der Waals surface area contributed by atoms with Gasteiger partial charge in [0.2, 0.25) is 5.91 Å². The van der Waals surface area contributed by atoms with Gasteiger partial charge in [0.05, 0.1) is 11.8 Å². The summed E-state index contributed by atoms with van der Waals surface area (Å²) < 4.78 is 0. The molecule has 5 heteroatoms. The van der Waals surface area contributed by atoms with Crippen molar-refractivity contribution in [2.75, 3.05) is 12.3 Å². The van der Waals surface area contributed by atoms with Gasteiger partial charge < -0.3 is 10.2 Å². The van der Waals surface area contributed by atoms with E-state index in [4.69, 9.17) is 0 Å². The van der Waals surface area contributed by atoms with E-state index in [0.717, 1.165) is 24.3 Å². The first-order chi connectivity index (χ1) is 12.7. The Bertz CT molecular complexity index is 781. The van der Waals surface area contributed by atoms with Crippen molar-refractivity contribution in [3.05, 3.63) is 66.2 Å². The van der Waals surface area contributed by atoms with Gasteiger partial charge in [-0.3, -0.25) is 9.59 Å². The Morgan fingerprint density at radius 2 is 1.69 bits per heavy atom. The summed E-state index contributed by atoms with van der Waals surface area (Å²) in [5.41, 5.74) is 0.674. The minimum absolute atomic E-state index is 0.0470. The van der Waals surface area contributed by atoms with Crippen LogP contribution in [-0.2, 0) is 4.79 Å². The number of piperidine rings is 1. The van der Waals surface area contributed by atoms with E-state index >= 15 is 0 Å². The van der Waals surface area contributed by atoms with E-state index in [2.05, 4.69) is 5.32 Å². The summed E-state index contributed by atoms with van der Waals surface area (Å²) in [5, 5.41) is 3.15. The predicted molar refractivity (Wildman–Crippen MR) is 103 cm³/mol. The van der Waals surface area contributed by atoms with Crippen LogP contribution in [0.5, 0.6) is 0 Å². The van der Waals surface area contributed by atoms with Crippen LogP contribution in [0.2, 0.25) is 0 Å². The van der Waals surface area contributed by atoms with E-state index in [0.29, 0.717) is 17.2 Å². The van der Waals surface area contributed by atoms with Crippen molar-refractivity contribution < 1.29 is 9.59 Å². The van der Waals surface area contributed by atoms with Crippen LogP contribution >= 0.6 is 11.8 Å². The number of nitrogens with one attached hydrogen (secondary N) is 1. The molecular weight excluding hydrogens is 344 g/mol. The molecule has 0 aromatic heterocycles. The molecule has 2 fully saturated rings. The highest BCUT2D eigenvalue weighted by molar-refractivity contribution is 8.00. The number of fused-ring (bicyclic) bond motifs is 2. The molecule has 4 nitrogen and oxygen atoms in total. The number of rotatable bonds is 5. The summed E-state index contributed by atoms with van der Waals surface area (Å²) >= 11 is 1.58. The highest BCUT2D eigenvalue weighted by Crippen LogP contribution is 2.38. The molecule has 134 valence electrons. The molecule has 1 saturated heterocycles. The molecule has 0 radical (unpaired) electrons. The van der Waals surface area contributed by atoms with Crippen molar-refractivity contribution in [1.82, 2.24) is 10.2 Å². The van der Waals surface area contributed by atoms with Gasteiger partial charge in [0.25, 0.3) is 5.91 Å². The Hall–Kier alpha value is -2.27. The van der Waals surface area contributed by atoms with Crippen LogP contribution in [-0.4, -0.2) is 41.1 Å². The summed E-state index contributed by atoms with van der Waals surface area (Å²) in [4.78, 5) is 28.2. The summed E-state index contributed by atoms with van der Waals surface area (Å²) in [7, 11) is 0. The first-order valence-electron chi connectivity index (χ1n) is 9.04. The number of thioether (sulfide) groups is 1. The van der Waals surface area contributed by atoms with E-state index in [1.165, 1.54) is 0 Å². The van der Waals surface area contributed by atoms with Crippen LogP contribution < -0.4 is 5.32 Å². The van der Waals surface area contributed by atoms with E-state index < -0.39 is 0 Å². The average Bonchev–Trinajstić information content (AvgIpc) is 3.28. The fourth-order valence-corrected chi connectivity index (χ4v) is 4.86. The number of carbonyl (C=O) groups excluding carboxylic acids is 2. The summed E-state index contributed by atoms with van der Waals surface area (Å²) in [6, 6.07) is 19.5. The number of benzene rings is 2. The molecule has 2 aromatic carbocycles. The van der Waals surface area contributed by atoms with Crippen LogP contribution in [0.4, 0.5) is 0 Å². The SMILES string of the molecule is O=C(NC1CC2CC1N(C(=O)CSc1ccccc1)C2)c1ccccc1. The van der Waals surface area contributed by atoms with Crippen molar-refractivity contribution >= 4 is 23.6 Å². The number of carbonyl (C=O) groups is 2. The molecule has 1 aliphatic heterocycles. The van der Waals surface area contributed by atoms with Crippen molar-refractivity contribution in [3.8, 4) is 0 Å². The smallest absolute Gasteiger partial charge is 0.251 e. The Morgan fingerprint density at radius 1 is 1.00 bits per heavy atom. The topological polar surface area (TPSA) is 49.4 Å². The number of hydrogen-bond donors (Lipinski definition) is 1. The van der Waals surface area contributed by atoms with Crippen LogP contribution in [0.25, 0.3) is 0 Å². The lowest BCUT2D eigenvalue weighted by molar-refractivity contribution is -0.130. The third kappa shape index (κ3) is 3.63. The van der Waals surface area contributed by atoms with Gasteiger partial charge in [-0.15, -0.1) is 11.8 Å². The molecule has 1 saturated carbocycles. The predicted octanol–water partition coefficient (Wildman–Crippen LogP) is 3.20. The minimum atomic E-state index is -0.0470. The third-order valence-corrected chi connectivity index (χ3v) is 6.26. The van der Waals surface area contributed by atoms with Gasteiger partial charge in [-0.2, -0.15) is 0 Å². The highest BCUT2D eigenvalue weighted by atomic mass is 32.2. The maximum atomic E-state index is 12.7. The maximum absolute atomic E-state index is 12.7. The first-order valence-corrected chi connectivity index (χ1v) is 10.0. The standard InChI is InChI=1S/C21H22N2O2S/c24-20(14-26-17-9-5-2-6-10-17)23-13-15-11-18(19(23)12-15)22-21(25)16-7-3-1-4-8-16/h1-10,15,18-19H,11-14H2,(H,22,25). The zero-order valence-corrected chi connectivity index (χ0v) is 15.3. The molecule has 1 heterocycles. The Labute approximate surface area is 158 Å². The van der Waals surface area contributed by atoms with Crippen LogP contribution in [0, 0.1) is 5.92 Å². The quantitative estimate of drug-likeness (QED) is 0.827. The van der Waals surface area contributed by atoms with Gasteiger partial charge in [0.15, 0.2) is 0 Å². The van der Waals surface area contributed by atoms with E-state index in [9.17, 15) is 9.59 Å². The van der Waals surface area contributed by atoms with Gasteiger partial charge in [-0.05, 0) is 43.0 Å². The van der Waals surface area contributed by atoms with Gasteiger partial charge in [-0.25, -0.2) is 0 Å². The van der Waals surface area contributed by atoms with Crippen LogP contribution in [0.15, 0.2) is 65.6 Å². The Morgan fingerprint density at radius 3 is 2.38 bits per heavy atom. The van der Waals surface area contributed by atoms with Gasteiger partial charge in [-0.1, -0.05) is 36.4 Å². The lowest BCUT2D eigenvalue weighted by atomic mass is 10.0. The van der Waals surface area contributed by atoms with Crippen LogP contribution in [0.3, 0.4) is 0 Å². The monoisotopic (exact) mass is 366 g/mol. The van der Waals surface area contributed by atoms with E-state index in [1.807, 2.05) is 65.6 Å². The van der Waals surface area contributed by atoms with Crippen molar-refractivity contribution in [3.63, 3.8) is 0 Å². The molecule has 3 atom stereocenters. The molecule has 2 aromatic rings. The van der Waals surface area contributed by atoms with E-state index in [-0.39, 0.29) is 23.9 Å². The molecule has 2 aliphatic rings. The molecule has 2 amide bonds. The largest absolute Gasteiger partial charge is 0.347 e. The third-order valence-electron chi connectivity index (χ3n) is 5.26. The first kappa shape index (κ1) is 17.2. The molecule has 26 heavy (non-hydrogen) atoms. The number of hydrogen-bond acceptors (Lipinski definition) is 3. The molecule has 1 N–H and O–H groups in total. The average molecular weight is 366 g/mol. The van der Waals surface area contributed by atoms with Gasteiger partial charge in [0.1, 0.15) is 0 Å². The maximum Gasteiger partial charge on any atom is 0.251 e. The summed E-state index contributed by atoms with van der Waals surface area (Å²) in [5.74, 6) is 1.08. The molecular formula is C21H22N2O2S. The summed E-state index contributed by atoms with van der Waals surface area (Å²) in [6.07, 6.45) is 1.97. The molecule has 3 unspecified atom stereocenters. The second-order valence-corrected chi connectivity index (χ2v) is 8.05. The van der Waals surface area contributed by atoms with Crippen molar-refractivity contribution in [2.24, 2.45) is 5.92 Å². The van der Waals surface area contributed by atoms with E-state index in [1.54, 1.807) is 11.8 Å². The van der Waals surface area contributed by atoms with Gasteiger partial charge >= 0.3 is 0 Å². The minimum Gasteiger partial charge on any atom is -0.347 e. The Balaban J connectivity index is 1.36. The van der Waals surface area contributed by atoms with Gasteiger partial charge in [0, 0.05) is 23.0 Å². The molecule has 1 aliphatic carbocycles. The zero-order valence-electron chi connectivity index (χ0n) is 14.5. The second-order valence-electron chi connectivity index (χ2n) is 7.00. The van der Waals surface area contributed by atoms with Crippen molar-refractivity contribution in [2.45, 2.75) is 29.8 Å². The Kier molecular flexibility index (Phi) is 4.98. The lowest BCUT2D eigenvalue weighted by Crippen LogP contribution is -2.52. The fourth-order valence-electron chi connectivity index (χ4n) is 4.05. The molecule has 4 rings (SSSR count). The summed E-state index contributed by atoms with van der Waals surface area (Å²) in [6.45, 7) is 0.830. The zero-order chi connectivity index (χ0) is 17.9. The molecule has 2 bridgehead atoms.